The summed E-state index contributed by atoms with van der Waals surface area (Å²) in [4.78, 5) is 17.2. The van der Waals surface area contributed by atoms with Crippen LogP contribution < -0.4 is 5.32 Å². The van der Waals surface area contributed by atoms with Gasteiger partial charge in [-0.2, -0.15) is 0 Å². The van der Waals surface area contributed by atoms with Crippen LogP contribution in [0, 0.1) is 6.92 Å². The average molecular weight is 429 g/mol. The van der Waals surface area contributed by atoms with Gasteiger partial charge in [-0.15, -0.1) is 0 Å². The Morgan fingerprint density at radius 1 is 1.11 bits per heavy atom. The maximum Gasteiger partial charge on any atom is 0.264 e. The summed E-state index contributed by atoms with van der Waals surface area (Å²) in [6.07, 6.45) is 1.70. The second kappa shape index (κ2) is 7.87. The van der Waals surface area contributed by atoms with Crippen molar-refractivity contribution in [1.82, 2.24) is 5.32 Å². The van der Waals surface area contributed by atoms with Crippen molar-refractivity contribution in [1.29, 1.82) is 0 Å². The van der Waals surface area contributed by atoms with Gasteiger partial charge in [0.15, 0.2) is 5.17 Å². The fraction of sp³-hybridized carbons (Fsp3) is 0.0476. The first kappa shape index (κ1) is 18.9. The van der Waals surface area contributed by atoms with Crippen molar-refractivity contribution < 1.29 is 9.21 Å². The first-order chi connectivity index (χ1) is 13.5. The van der Waals surface area contributed by atoms with Crippen LogP contribution in [0.25, 0.3) is 17.4 Å². The molecule has 0 radical (unpaired) electrons. The number of furan rings is 1. The molecule has 7 heteroatoms. The number of hydrogen-bond acceptors (Lipinski definition) is 4. The van der Waals surface area contributed by atoms with E-state index < -0.39 is 0 Å². The van der Waals surface area contributed by atoms with Gasteiger partial charge in [0.1, 0.15) is 11.5 Å². The zero-order valence-electron chi connectivity index (χ0n) is 14.7. The van der Waals surface area contributed by atoms with Crippen LogP contribution in [-0.2, 0) is 4.79 Å². The molecule has 1 aliphatic heterocycles. The van der Waals surface area contributed by atoms with Crippen molar-refractivity contribution in [3.63, 3.8) is 0 Å². The number of rotatable bonds is 3. The number of nitrogens with zero attached hydrogens (tertiary/aromatic N) is 1. The highest BCUT2D eigenvalue weighted by Crippen LogP contribution is 2.32. The van der Waals surface area contributed by atoms with Gasteiger partial charge in [0.2, 0.25) is 0 Å². The van der Waals surface area contributed by atoms with Gasteiger partial charge in [-0.05, 0) is 60.6 Å². The molecule has 2 heterocycles. The molecule has 140 valence electrons. The van der Waals surface area contributed by atoms with Crippen molar-refractivity contribution in [2.24, 2.45) is 4.99 Å². The summed E-state index contributed by atoms with van der Waals surface area (Å²) >= 11 is 13.4. The number of benzene rings is 2. The van der Waals surface area contributed by atoms with Crippen LogP contribution in [-0.4, -0.2) is 11.1 Å². The Morgan fingerprint density at radius 2 is 1.93 bits per heavy atom. The number of carbonyl (C=O) groups is 1. The van der Waals surface area contributed by atoms with Crippen molar-refractivity contribution in [3.05, 3.63) is 80.9 Å². The van der Waals surface area contributed by atoms with Crippen LogP contribution in [0.4, 0.5) is 5.69 Å². The molecular weight excluding hydrogens is 415 g/mol. The first-order valence-corrected chi connectivity index (χ1v) is 9.97. The highest BCUT2D eigenvalue weighted by molar-refractivity contribution is 8.18. The zero-order chi connectivity index (χ0) is 19.7. The number of amidine groups is 1. The number of thioether (sulfide) groups is 1. The smallest absolute Gasteiger partial charge is 0.264 e. The summed E-state index contributed by atoms with van der Waals surface area (Å²) in [5, 5.41) is 4.52. The number of halogens is 2. The Balaban J connectivity index is 1.57. The van der Waals surface area contributed by atoms with E-state index in [-0.39, 0.29) is 5.91 Å². The van der Waals surface area contributed by atoms with E-state index in [0.29, 0.717) is 37.3 Å². The predicted octanol–water partition coefficient (Wildman–Crippen LogP) is 6.45. The maximum absolute atomic E-state index is 12.3. The second-order valence-electron chi connectivity index (χ2n) is 6.08. The third-order valence-corrected chi connectivity index (χ3v) is 5.68. The van der Waals surface area contributed by atoms with Crippen LogP contribution in [0.15, 0.2) is 68.9 Å². The summed E-state index contributed by atoms with van der Waals surface area (Å²) in [7, 11) is 0. The van der Waals surface area contributed by atoms with Crippen LogP contribution in [0.1, 0.15) is 11.3 Å². The summed E-state index contributed by atoms with van der Waals surface area (Å²) < 4.78 is 5.90. The maximum atomic E-state index is 12.3. The largest absolute Gasteiger partial charge is 0.457 e. The van der Waals surface area contributed by atoms with Crippen molar-refractivity contribution in [3.8, 4) is 11.3 Å². The molecule has 0 spiro atoms. The number of hydrogen-bond donors (Lipinski definition) is 1. The molecule has 1 saturated heterocycles. The highest BCUT2D eigenvalue weighted by atomic mass is 35.5. The van der Waals surface area contributed by atoms with Gasteiger partial charge >= 0.3 is 0 Å². The highest BCUT2D eigenvalue weighted by Gasteiger charge is 2.24. The molecule has 0 atom stereocenters. The fourth-order valence-electron chi connectivity index (χ4n) is 2.72. The molecule has 3 aromatic rings. The van der Waals surface area contributed by atoms with E-state index in [0.717, 1.165) is 11.1 Å². The van der Waals surface area contributed by atoms with Gasteiger partial charge in [-0.3, -0.25) is 4.79 Å². The second-order valence-corrected chi connectivity index (χ2v) is 7.95. The number of aliphatic imine (C=N–C) groups is 1. The predicted molar refractivity (Wildman–Crippen MR) is 116 cm³/mol. The molecule has 0 aliphatic carbocycles. The molecule has 0 unspecified atom stereocenters. The Bertz CT molecular complexity index is 1130. The van der Waals surface area contributed by atoms with Gasteiger partial charge in [-0.1, -0.05) is 41.4 Å². The topological polar surface area (TPSA) is 54.6 Å². The quantitative estimate of drug-likeness (QED) is 0.487. The lowest BCUT2D eigenvalue weighted by Crippen LogP contribution is -2.19. The summed E-state index contributed by atoms with van der Waals surface area (Å²) in [6, 6.07) is 16.5. The van der Waals surface area contributed by atoms with Crippen LogP contribution in [0.3, 0.4) is 0 Å². The van der Waals surface area contributed by atoms with E-state index in [1.54, 1.807) is 18.2 Å². The molecule has 1 fully saturated rings. The molecule has 1 aliphatic rings. The zero-order valence-corrected chi connectivity index (χ0v) is 17.0. The molecule has 2 aromatic carbocycles. The normalized spacial score (nSPS) is 16.8. The molecule has 4 nitrogen and oxygen atoms in total. The summed E-state index contributed by atoms with van der Waals surface area (Å²) in [6.45, 7) is 1.94. The molecular formula is C21H14Cl2N2O2S. The average Bonchev–Trinajstić information content (AvgIpc) is 3.25. The Labute approximate surface area is 176 Å². The van der Waals surface area contributed by atoms with E-state index in [2.05, 4.69) is 10.3 Å². The van der Waals surface area contributed by atoms with E-state index in [1.165, 1.54) is 11.8 Å². The molecule has 0 bridgehead atoms. The lowest BCUT2D eigenvalue weighted by atomic mass is 10.1. The SMILES string of the molecule is Cc1c(Cl)cccc1-c1ccc(/C=C2/SC(=Nc3cccc(Cl)c3)NC2=O)o1. The lowest BCUT2D eigenvalue weighted by Gasteiger charge is -2.03. The van der Waals surface area contributed by atoms with Crippen LogP contribution in [0.5, 0.6) is 0 Å². The van der Waals surface area contributed by atoms with Gasteiger partial charge in [0.05, 0.1) is 10.6 Å². The Hall–Kier alpha value is -2.47. The number of nitrogens with one attached hydrogen (secondary N) is 1. The third kappa shape index (κ3) is 4.02. The van der Waals surface area contributed by atoms with Gasteiger partial charge in [-0.25, -0.2) is 4.99 Å². The lowest BCUT2D eigenvalue weighted by molar-refractivity contribution is -0.115. The van der Waals surface area contributed by atoms with E-state index in [4.69, 9.17) is 27.6 Å². The molecule has 1 N–H and O–H groups in total. The fourth-order valence-corrected chi connectivity index (χ4v) is 3.90. The monoisotopic (exact) mass is 428 g/mol. The van der Waals surface area contributed by atoms with Crippen LogP contribution >= 0.6 is 35.0 Å². The molecule has 1 aromatic heterocycles. The molecule has 0 saturated carbocycles. The van der Waals surface area contributed by atoms with E-state index >= 15 is 0 Å². The Morgan fingerprint density at radius 3 is 2.75 bits per heavy atom. The molecule has 4 rings (SSSR count). The van der Waals surface area contributed by atoms with Crippen molar-refractivity contribution >= 4 is 57.8 Å². The van der Waals surface area contributed by atoms with Gasteiger partial charge in [0.25, 0.3) is 5.91 Å². The number of amides is 1. The molecule has 28 heavy (non-hydrogen) atoms. The van der Waals surface area contributed by atoms with Crippen molar-refractivity contribution in [2.45, 2.75) is 6.92 Å². The van der Waals surface area contributed by atoms with Gasteiger partial charge in [0, 0.05) is 21.7 Å². The minimum Gasteiger partial charge on any atom is -0.457 e. The minimum atomic E-state index is -0.220. The standard InChI is InChI=1S/C21H14Cl2N2O2S/c1-12-16(6-3-7-17(12)23)18-9-8-15(27-18)11-19-20(26)25-21(28-19)24-14-5-2-4-13(22)10-14/h2-11H,1H3,(H,24,25,26)/b19-11+. The Kier molecular flexibility index (Phi) is 5.31. The van der Waals surface area contributed by atoms with E-state index in [9.17, 15) is 4.79 Å². The summed E-state index contributed by atoms with van der Waals surface area (Å²) in [5.41, 5.74) is 2.54. The van der Waals surface area contributed by atoms with Gasteiger partial charge < -0.3 is 9.73 Å². The summed E-state index contributed by atoms with van der Waals surface area (Å²) in [5.74, 6) is 1.06. The first-order valence-electron chi connectivity index (χ1n) is 8.40. The van der Waals surface area contributed by atoms with Crippen molar-refractivity contribution in [2.75, 3.05) is 0 Å². The third-order valence-electron chi connectivity index (χ3n) is 4.12. The molecule has 1 amide bonds. The van der Waals surface area contributed by atoms with E-state index in [1.807, 2.05) is 49.4 Å². The van der Waals surface area contributed by atoms with Crippen LogP contribution in [0.2, 0.25) is 10.0 Å². The number of carbonyl (C=O) groups excluding carboxylic acids is 1. The minimum absolute atomic E-state index is 0.220.